The molecule has 1 saturated heterocycles. The van der Waals surface area contributed by atoms with Crippen molar-refractivity contribution in [1.29, 1.82) is 0 Å². The van der Waals surface area contributed by atoms with Crippen LogP contribution in [0.5, 0.6) is 0 Å². The second kappa shape index (κ2) is 7.27. The van der Waals surface area contributed by atoms with Crippen molar-refractivity contribution in [2.24, 2.45) is 22.7 Å². The topological polar surface area (TPSA) is 76.7 Å². The van der Waals surface area contributed by atoms with Crippen molar-refractivity contribution in [1.82, 2.24) is 5.43 Å². The fourth-order valence-electron chi connectivity index (χ4n) is 1.95. The van der Waals surface area contributed by atoms with E-state index >= 15 is 0 Å². The van der Waals surface area contributed by atoms with Crippen molar-refractivity contribution in [2.45, 2.75) is 39.5 Å². The molecule has 1 aliphatic heterocycles. The van der Waals surface area contributed by atoms with E-state index < -0.39 is 6.03 Å². The number of carbonyl (C=O) groups excluding carboxylic acids is 1. The first kappa shape index (κ1) is 14.0. The molecule has 0 aromatic rings. The van der Waals surface area contributed by atoms with Crippen LogP contribution in [0.3, 0.4) is 0 Å². The average molecular weight is 241 g/mol. The van der Waals surface area contributed by atoms with Gasteiger partial charge in [-0.2, -0.15) is 5.10 Å². The molecule has 0 aliphatic carbocycles. The Bertz CT molecular complexity index is 271. The molecule has 3 N–H and O–H groups in total. The zero-order chi connectivity index (χ0) is 12.7. The molecule has 0 aromatic carbocycles. The highest BCUT2D eigenvalue weighted by Crippen LogP contribution is 2.20. The van der Waals surface area contributed by atoms with E-state index in [1.165, 1.54) is 0 Å². The molecule has 0 atom stereocenters. The standard InChI is InChI=1S/C12H23N3O2/c1-9(2)3-4-11(14-15-12(13)16)10-5-7-17-8-6-10/h9-10H,3-8H2,1-2H3,(H3,13,15,16)/b14-11+. The zero-order valence-electron chi connectivity index (χ0n) is 10.7. The normalized spacial score (nSPS) is 18.4. The molecule has 0 saturated carbocycles. The Labute approximate surface area is 103 Å². The lowest BCUT2D eigenvalue weighted by Gasteiger charge is -2.24. The summed E-state index contributed by atoms with van der Waals surface area (Å²) >= 11 is 0. The molecule has 0 unspecified atom stereocenters. The highest BCUT2D eigenvalue weighted by molar-refractivity contribution is 5.88. The minimum absolute atomic E-state index is 0.425. The maximum Gasteiger partial charge on any atom is 0.332 e. The van der Waals surface area contributed by atoms with E-state index in [0.717, 1.165) is 44.6 Å². The highest BCUT2D eigenvalue weighted by atomic mass is 16.5. The van der Waals surface area contributed by atoms with Gasteiger partial charge in [-0.25, -0.2) is 10.2 Å². The smallest absolute Gasteiger partial charge is 0.332 e. The van der Waals surface area contributed by atoms with Gasteiger partial charge in [-0.1, -0.05) is 13.8 Å². The van der Waals surface area contributed by atoms with Crippen molar-refractivity contribution in [3.8, 4) is 0 Å². The number of nitrogens with one attached hydrogen (secondary N) is 1. The fraction of sp³-hybridized carbons (Fsp3) is 0.833. The molecule has 1 heterocycles. The van der Waals surface area contributed by atoms with Crippen LogP contribution in [-0.2, 0) is 4.74 Å². The van der Waals surface area contributed by atoms with E-state index in [9.17, 15) is 4.79 Å². The van der Waals surface area contributed by atoms with Gasteiger partial charge in [0, 0.05) is 24.8 Å². The van der Waals surface area contributed by atoms with Crippen LogP contribution in [0.2, 0.25) is 0 Å². The van der Waals surface area contributed by atoms with Gasteiger partial charge >= 0.3 is 6.03 Å². The van der Waals surface area contributed by atoms with E-state index in [2.05, 4.69) is 24.4 Å². The molecule has 0 aromatic heterocycles. The Balaban J connectivity index is 2.56. The molecule has 0 radical (unpaired) electrons. The minimum atomic E-state index is -0.598. The van der Waals surface area contributed by atoms with E-state index in [1.807, 2.05) is 0 Å². The highest BCUT2D eigenvalue weighted by Gasteiger charge is 2.20. The number of amides is 2. The van der Waals surface area contributed by atoms with Gasteiger partial charge in [0.05, 0.1) is 0 Å². The summed E-state index contributed by atoms with van der Waals surface area (Å²) in [5, 5.41) is 4.16. The number of urea groups is 1. The van der Waals surface area contributed by atoms with Gasteiger partial charge in [0.15, 0.2) is 0 Å². The summed E-state index contributed by atoms with van der Waals surface area (Å²) in [6, 6.07) is -0.598. The lowest BCUT2D eigenvalue weighted by atomic mass is 9.90. The Morgan fingerprint density at radius 3 is 2.65 bits per heavy atom. The summed E-state index contributed by atoms with van der Waals surface area (Å²) in [7, 11) is 0. The Morgan fingerprint density at radius 1 is 1.47 bits per heavy atom. The number of rotatable bonds is 5. The molecule has 98 valence electrons. The number of hydrogen-bond acceptors (Lipinski definition) is 3. The summed E-state index contributed by atoms with van der Waals surface area (Å²) in [4.78, 5) is 10.7. The lowest BCUT2D eigenvalue weighted by Crippen LogP contribution is -2.30. The van der Waals surface area contributed by atoms with Crippen LogP contribution in [-0.4, -0.2) is 25.0 Å². The first-order chi connectivity index (χ1) is 8.09. The number of primary amides is 1. The maximum atomic E-state index is 10.7. The van der Waals surface area contributed by atoms with Crippen LogP contribution in [0.25, 0.3) is 0 Å². The van der Waals surface area contributed by atoms with E-state index in [4.69, 9.17) is 10.5 Å². The molecule has 1 aliphatic rings. The molecule has 1 fully saturated rings. The predicted molar refractivity (Wildman–Crippen MR) is 67.8 cm³/mol. The quantitative estimate of drug-likeness (QED) is 0.569. The molecule has 1 rings (SSSR count). The molecule has 2 amide bonds. The van der Waals surface area contributed by atoms with Gasteiger partial charge < -0.3 is 10.5 Å². The monoisotopic (exact) mass is 241 g/mol. The molecule has 5 nitrogen and oxygen atoms in total. The maximum absolute atomic E-state index is 10.7. The average Bonchev–Trinajstić information content (AvgIpc) is 2.29. The molecule has 5 heteroatoms. The molecule has 0 spiro atoms. The van der Waals surface area contributed by atoms with Crippen LogP contribution in [0.4, 0.5) is 4.79 Å². The van der Waals surface area contributed by atoms with E-state index in [0.29, 0.717) is 11.8 Å². The fourth-order valence-corrected chi connectivity index (χ4v) is 1.95. The summed E-state index contributed by atoms with van der Waals surface area (Å²) in [6.45, 7) is 5.93. The third-order valence-electron chi connectivity index (χ3n) is 2.98. The summed E-state index contributed by atoms with van der Waals surface area (Å²) in [5.41, 5.74) is 8.45. The predicted octanol–water partition coefficient (Wildman–Crippen LogP) is 1.87. The SMILES string of the molecule is CC(C)CC/C(=N\NC(N)=O)C1CCOCC1. The van der Waals surface area contributed by atoms with Crippen molar-refractivity contribution < 1.29 is 9.53 Å². The summed E-state index contributed by atoms with van der Waals surface area (Å²) in [6.07, 6.45) is 3.97. The van der Waals surface area contributed by atoms with E-state index in [1.54, 1.807) is 0 Å². The van der Waals surface area contributed by atoms with Crippen LogP contribution in [0.15, 0.2) is 5.10 Å². The van der Waals surface area contributed by atoms with Crippen LogP contribution in [0.1, 0.15) is 39.5 Å². The van der Waals surface area contributed by atoms with Gasteiger partial charge in [-0.3, -0.25) is 0 Å². The number of carbonyl (C=O) groups is 1. The Hall–Kier alpha value is -1.10. The Kier molecular flexibility index (Phi) is 5.97. The van der Waals surface area contributed by atoms with Gasteiger partial charge in [0.2, 0.25) is 0 Å². The van der Waals surface area contributed by atoms with Crippen molar-refractivity contribution >= 4 is 11.7 Å². The van der Waals surface area contributed by atoms with Crippen molar-refractivity contribution in [3.63, 3.8) is 0 Å². The number of nitrogens with two attached hydrogens (primary N) is 1. The van der Waals surface area contributed by atoms with Crippen molar-refractivity contribution in [2.75, 3.05) is 13.2 Å². The number of hydrogen-bond donors (Lipinski definition) is 2. The first-order valence-electron chi connectivity index (χ1n) is 6.29. The Morgan fingerprint density at radius 2 is 2.12 bits per heavy atom. The minimum Gasteiger partial charge on any atom is -0.381 e. The van der Waals surface area contributed by atoms with Gasteiger partial charge in [-0.15, -0.1) is 0 Å². The molecular formula is C12H23N3O2. The summed E-state index contributed by atoms with van der Waals surface area (Å²) < 4.78 is 5.33. The number of ether oxygens (including phenoxy) is 1. The summed E-state index contributed by atoms with van der Waals surface area (Å²) in [5.74, 6) is 1.06. The molecular weight excluding hydrogens is 218 g/mol. The molecule has 0 bridgehead atoms. The van der Waals surface area contributed by atoms with Gasteiger partial charge in [-0.05, 0) is 31.6 Å². The van der Waals surface area contributed by atoms with Crippen LogP contribution in [0, 0.1) is 11.8 Å². The first-order valence-corrected chi connectivity index (χ1v) is 6.29. The van der Waals surface area contributed by atoms with Gasteiger partial charge in [0.1, 0.15) is 0 Å². The lowest BCUT2D eigenvalue weighted by molar-refractivity contribution is 0.0822. The number of nitrogens with zero attached hydrogens (tertiary/aromatic N) is 1. The zero-order valence-corrected chi connectivity index (χ0v) is 10.7. The van der Waals surface area contributed by atoms with Crippen molar-refractivity contribution in [3.05, 3.63) is 0 Å². The molecule has 17 heavy (non-hydrogen) atoms. The third kappa shape index (κ3) is 5.68. The van der Waals surface area contributed by atoms with Gasteiger partial charge in [0.25, 0.3) is 0 Å². The second-order valence-electron chi connectivity index (χ2n) is 4.90. The van der Waals surface area contributed by atoms with Crippen LogP contribution >= 0.6 is 0 Å². The third-order valence-corrected chi connectivity index (χ3v) is 2.98. The largest absolute Gasteiger partial charge is 0.381 e. The second-order valence-corrected chi connectivity index (χ2v) is 4.90. The number of hydrazone groups is 1. The van der Waals surface area contributed by atoms with Crippen LogP contribution < -0.4 is 11.2 Å². The van der Waals surface area contributed by atoms with E-state index in [-0.39, 0.29) is 0 Å².